The molecule has 4 rings (SSSR count). The van der Waals surface area contributed by atoms with Crippen LogP contribution in [-0.4, -0.2) is 35.0 Å². The highest BCUT2D eigenvalue weighted by Gasteiger charge is 2.39. The minimum atomic E-state index is -4.15. The average molecular weight is 540 g/mol. The molecule has 1 aromatic heterocycles. The normalized spacial score (nSPS) is 15.6. The van der Waals surface area contributed by atoms with Crippen molar-refractivity contribution in [2.24, 2.45) is 0 Å². The Morgan fingerprint density at radius 2 is 1.74 bits per heavy atom. The van der Waals surface area contributed by atoms with Crippen molar-refractivity contribution in [1.29, 1.82) is 0 Å². The van der Waals surface area contributed by atoms with E-state index in [0.717, 1.165) is 10.00 Å². The number of carbonyl (C=O) groups is 1. The van der Waals surface area contributed by atoms with Crippen LogP contribution < -0.4 is 5.32 Å². The van der Waals surface area contributed by atoms with Gasteiger partial charge in [0, 0.05) is 23.3 Å². The molecule has 7 nitrogen and oxygen atoms in total. The molecule has 3 aromatic rings. The van der Waals surface area contributed by atoms with Gasteiger partial charge in [-0.15, -0.1) is 0 Å². The first kappa shape index (κ1) is 24.6. The molecule has 1 aliphatic rings. The Kier molecular flexibility index (Phi) is 6.70. The number of hydrogen-bond donors (Lipinski definition) is 1. The topological polar surface area (TPSA) is 84.3 Å². The molecular formula is C23H21Cl3N4O3S. The summed E-state index contributed by atoms with van der Waals surface area (Å²) in [4.78, 5) is 13.9. The van der Waals surface area contributed by atoms with Crippen LogP contribution in [0.5, 0.6) is 0 Å². The zero-order chi connectivity index (χ0) is 24.8. The lowest BCUT2D eigenvalue weighted by atomic mass is 9.95. The molecule has 0 radical (unpaired) electrons. The van der Waals surface area contributed by atoms with Crippen LogP contribution in [0.2, 0.25) is 15.1 Å². The van der Waals surface area contributed by atoms with Crippen LogP contribution >= 0.6 is 34.8 Å². The number of rotatable bonds is 5. The number of aromatic nitrogens is 2. The Morgan fingerprint density at radius 3 is 2.35 bits per heavy atom. The maximum Gasteiger partial charge on any atom is 0.267 e. The number of likely N-dealkylation sites (N-methyl/N-ethyl adjacent to an activating group) is 1. The van der Waals surface area contributed by atoms with E-state index in [1.54, 1.807) is 36.7 Å². The summed E-state index contributed by atoms with van der Waals surface area (Å²) in [6.45, 7) is 5.10. The molecule has 2 aromatic carbocycles. The number of amides is 1. The zero-order valence-electron chi connectivity index (χ0n) is 18.5. The Hall–Kier alpha value is -2.52. The van der Waals surface area contributed by atoms with Gasteiger partial charge in [0.2, 0.25) is 0 Å². The summed E-state index contributed by atoms with van der Waals surface area (Å²) >= 11 is 18.3. The van der Waals surface area contributed by atoms with E-state index in [1.807, 2.05) is 13.0 Å². The van der Waals surface area contributed by atoms with Gasteiger partial charge in [0.25, 0.3) is 15.9 Å². The molecule has 0 fully saturated rings. The molecule has 11 heteroatoms. The molecule has 1 amide bonds. The molecule has 1 unspecified atom stereocenters. The third kappa shape index (κ3) is 4.31. The van der Waals surface area contributed by atoms with Crippen LogP contribution in [0.15, 0.2) is 64.7 Å². The average Bonchev–Trinajstić information content (AvgIpc) is 3.14. The van der Waals surface area contributed by atoms with Gasteiger partial charge in [-0.3, -0.25) is 4.79 Å². The van der Waals surface area contributed by atoms with Gasteiger partial charge in [0.05, 0.1) is 26.2 Å². The van der Waals surface area contributed by atoms with E-state index < -0.39 is 22.0 Å². The van der Waals surface area contributed by atoms with Gasteiger partial charge in [0.15, 0.2) is 0 Å². The van der Waals surface area contributed by atoms with Crippen molar-refractivity contribution in [3.63, 3.8) is 0 Å². The Labute approximate surface area is 213 Å². The van der Waals surface area contributed by atoms with Crippen molar-refractivity contribution in [3.8, 4) is 0 Å². The largest absolute Gasteiger partial charge is 0.344 e. The molecule has 0 aliphatic carbocycles. The van der Waals surface area contributed by atoms with Gasteiger partial charge in [-0.2, -0.15) is 5.10 Å². The number of nitrogens with zero attached hydrogens (tertiary/aromatic N) is 3. The SMILES string of the molecule is CCN(C(=O)C1=C(C)Nc2cc(C)nn2C1c1ccc(Cl)c(Cl)c1)S(=O)(=O)c1ccc(Cl)cc1. The Balaban J connectivity index is 1.86. The van der Waals surface area contributed by atoms with Crippen LogP contribution in [0.1, 0.15) is 31.1 Å². The van der Waals surface area contributed by atoms with Crippen LogP contribution in [0.4, 0.5) is 5.82 Å². The third-order valence-electron chi connectivity index (χ3n) is 5.50. The number of aryl methyl sites for hydroxylation is 1. The van der Waals surface area contributed by atoms with Gasteiger partial charge < -0.3 is 5.32 Å². The summed E-state index contributed by atoms with van der Waals surface area (Å²) < 4.78 is 29.3. The van der Waals surface area contributed by atoms with Crippen molar-refractivity contribution >= 4 is 56.6 Å². The summed E-state index contributed by atoms with van der Waals surface area (Å²) in [7, 11) is -4.15. The van der Waals surface area contributed by atoms with E-state index in [2.05, 4.69) is 10.4 Å². The molecule has 1 aliphatic heterocycles. The number of nitrogens with one attached hydrogen (secondary N) is 1. The lowest BCUT2D eigenvalue weighted by Crippen LogP contribution is -2.41. The highest BCUT2D eigenvalue weighted by molar-refractivity contribution is 7.89. The molecule has 1 N–H and O–H groups in total. The van der Waals surface area contributed by atoms with E-state index in [1.165, 1.54) is 24.3 Å². The van der Waals surface area contributed by atoms with E-state index >= 15 is 0 Å². The monoisotopic (exact) mass is 538 g/mol. The quantitative estimate of drug-likeness (QED) is 0.451. The van der Waals surface area contributed by atoms with E-state index in [4.69, 9.17) is 34.8 Å². The molecule has 0 saturated heterocycles. The summed E-state index contributed by atoms with van der Waals surface area (Å²) in [6.07, 6.45) is 0. The van der Waals surface area contributed by atoms with Crippen molar-refractivity contribution in [1.82, 2.24) is 14.1 Å². The van der Waals surface area contributed by atoms with Gasteiger partial charge in [-0.05, 0) is 62.7 Å². The Morgan fingerprint density at radius 1 is 1.06 bits per heavy atom. The summed E-state index contributed by atoms with van der Waals surface area (Å²) in [5.74, 6) is 0.00329. The van der Waals surface area contributed by atoms with Gasteiger partial charge in [-0.1, -0.05) is 40.9 Å². The minimum absolute atomic E-state index is 0.0316. The third-order valence-corrected chi connectivity index (χ3v) is 8.36. The lowest BCUT2D eigenvalue weighted by Gasteiger charge is -2.32. The highest BCUT2D eigenvalue weighted by Crippen LogP contribution is 2.39. The molecule has 0 spiro atoms. The smallest absolute Gasteiger partial charge is 0.267 e. The second kappa shape index (κ2) is 9.26. The fraction of sp³-hybridized carbons (Fsp3) is 0.217. The zero-order valence-corrected chi connectivity index (χ0v) is 21.6. The molecule has 1 atom stereocenters. The first-order chi connectivity index (χ1) is 16.0. The van der Waals surface area contributed by atoms with Crippen LogP contribution in [0.3, 0.4) is 0 Å². The maximum atomic E-state index is 13.9. The number of halogens is 3. The van der Waals surface area contributed by atoms with Crippen LogP contribution in [-0.2, 0) is 14.8 Å². The van der Waals surface area contributed by atoms with Crippen molar-refractivity contribution in [2.75, 3.05) is 11.9 Å². The molecule has 0 saturated carbocycles. The highest BCUT2D eigenvalue weighted by atomic mass is 35.5. The summed E-state index contributed by atoms with van der Waals surface area (Å²) in [5.41, 5.74) is 2.12. The van der Waals surface area contributed by atoms with E-state index in [-0.39, 0.29) is 17.0 Å². The fourth-order valence-electron chi connectivity index (χ4n) is 3.95. The lowest BCUT2D eigenvalue weighted by molar-refractivity contribution is -0.123. The fourth-order valence-corrected chi connectivity index (χ4v) is 5.78. The van der Waals surface area contributed by atoms with Gasteiger partial charge >= 0.3 is 0 Å². The summed E-state index contributed by atoms with van der Waals surface area (Å²) in [5, 5.41) is 8.80. The number of allylic oxidation sites excluding steroid dienone is 1. The van der Waals surface area contributed by atoms with Crippen molar-refractivity contribution in [2.45, 2.75) is 31.7 Å². The number of benzene rings is 2. The van der Waals surface area contributed by atoms with E-state index in [9.17, 15) is 13.2 Å². The molecule has 178 valence electrons. The number of fused-ring (bicyclic) bond motifs is 1. The molecular weight excluding hydrogens is 519 g/mol. The molecule has 2 heterocycles. The second-order valence-electron chi connectivity index (χ2n) is 7.78. The summed E-state index contributed by atoms with van der Waals surface area (Å²) in [6, 6.07) is 11.8. The van der Waals surface area contributed by atoms with Crippen LogP contribution in [0.25, 0.3) is 0 Å². The Bertz CT molecular complexity index is 1420. The first-order valence-corrected chi connectivity index (χ1v) is 12.9. The van der Waals surface area contributed by atoms with Crippen molar-refractivity contribution in [3.05, 3.63) is 86.1 Å². The number of carbonyl (C=O) groups excluding carboxylic acids is 1. The number of hydrogen-bond acceptors (Lipinski definition) is 5. The van der Waals surface area contributed by atoms with Crippen molar-refractivity contribution < 1.29 is 13.2 Å². The number of anilines is 1. The molecule has 34 heavy (non-hydrogen) atoms. The molecule has 0 bridgehead atoms. The predicted molar refractivity (Wildman–Crippen MR) is 134 cm³/mol. The van der Waals surface area contributed by atoms with E-state index in [0.29, 0.717) is 32.1 Å². The predicted octanol–water partition coefficient (Wildman–Crippen LogP) is 5.68. The first-order valence-electron chi connectivity index (χ1n) is 10.4. The number of sulfonamides is 1. The minimum Gasteiger partial charge on any atom is -0.344 e. The standard InChI is InChI=1S/C23H21Cl3N4O3S/c1-4-29(34(32,33)17-8-6-16(24)7-9-17)23(31)21-14(3)27-20-11-13(2)28-30(20)22(21)15-5-10-18(25)19(26)12-15/h5-12,22,27H,4H2,1-3H3. The van der Waals surface area contributed by atoms with Crippen LogP contribution in [0, 0.1) is 6.92 Å². The van der Waals surface area contributed by atoms with Gasteiger partial charge in [-0.25, -0.2) is 17.4 Å². The maximum absolute atomic E-state index is 13.9. The second-order valence-corrected chi connectivity index (χ2v) is 10.9. The van der Waals surface area contributed by atoms with Gasteiger partial charge in [0.1, 0.15) is 11.9 Å².